The molecule has 4 bridgehead atoms. The van der Waals surface area contributed by atoms with Crippen LogP contribution in [-0.2, 0) is 20.2 Å². The van der Waals surface area contributed by atoms with Crippen LogP contribution in [0.25, 0.3) is 11.2 Å². The lowest BCUT2D eigenvalue weighted by molar-refractivity contribution is -0.145. The summed E-state index contributed by atoms with van der Waals surface area (Å²) in [4.78, 5) is 22.3. The van der Waals surface area contributed by atoms with E-state index in [9.17, 15) is 13.2 Å². The Labute approximate surface area is 211 Å². The van der Waals surface area contributed by atoms with Gasteiger partial charge in [0.1, 0.15) is 5.52 Å². The molecule has 0 atom stereocenters. The molecule has 8 nitrogen and oxygen atoms in total. The first-order valence-corrected chi connectivity index (χ1v) is 14.2. The summed E-state index contributed by atoms with van der Waals surface area (Å²) in [6.07, 6.45) is 9.71. The van der Waals surface area contributed by atoms with E-state index in [1.165, 1.54) is 31.7 Å². The molecule has 36 heavy (non-hydrogen) atoms. The number of hydrazine groups is 1. The van der Waals surface area contributed by atoms with Gasteiger partial charge < -0.3 is 0 Å². The molecule has 1 aromatic carbocycles. The molecule has 0 saturated heterocycles. The van der Waals surface area contributed by atoms with Gasteiger partial charge in [-0.15, -0.1) is 0 Å². The van der Waals surface area contributed by atoms with Crippen molar-refractivity contribution in [2.75, 3.05) is 5.43 Å². The molecule has 4 aliphatic rings. The lowest BCUT2D eigenvalue weighted by Gasteiger charge is -2.55. The van der Waals surface area contributed by atoms with E-state index in [4.69, 9.17) is 0 Å². The molecular weight excluding hydrogens is 474 g/mol. The topological polar surface area (TPSA) is 106 Å². The van der Waals surface area contributed by atoms with E-state index in [0.717, 1.165) is 28.8 Å². The van der Waals surface area contributed by atoms with Crippen LogP contribution in [0.3, 0.4) is 0 Å². The van der Waals surface area contributed by atoms with Gasteiger partial charge >= 0.3 is 0 Å². The highest BCUT2D eigenvalue weighted by Crippen LogP contribution is 2.60. The van der Waals surface area contributed by atoms with E-state index >= 15 is 0 Å². The largest absolute Gasteiger partial charge is 0.281 e. The fourth-order valence-corrected chi connectivity index (χ4v) is 8.32. The van der Waals surface area contributed by atoms with Crippen LogP contribution < -0.4 is 10.9 Å². The molecule has 2 N–H and O–H groups in total. The van der Waals surface area contributed by atoms with Crippen molar-refractivity contribution in [1.82, 2.24) is 19.4 Å². The molecule has 2 aromatic heterocycles. The number of nitrogens with zero attached hydrogens (tertiary/aromatic N) is 3. The van der Waals surface area contributed by atoms with E-state index < -0.39 is 10.0 Å². The maximum absolute atomic E-state index is 13.3. The van der Waals surface area contributed by atoms with Crippen LogP contribution in [0.5, 0.6) is 0 Å². The summed E-state index contributed by atoms with van der Waals surface area (Å²) in [6, 6.07) is 8.57. The number of hydrogen-bond acceptors (Lipinski definition) is 6. The Morgan fingerprint density at radius 2 is 1.61 bits per heavy atom. The van der Waals surface area contributed by atoms with Gasteiger partial charge in [0.15, 0.2) is 11.5 Å². The van der Waals surface area contributed by atoms with Gasteiger partial charge in [0, 0.05) is 6.20 Å². The molecular formula is C27H33N5O3S. The number of anilines is 1. The van der Waals surface area contributed by atoms with Gasteiger partial charge in [-0.25, -0.2) is 22.4 Å². The number of fused-ring (bicyclic) bond motifs is 1. The molecule has 7 rings (SSSR count). The average molecular weight is 508 g/mol. The monoisotopic (exact) mass is 507 g/mol. The van der Waals surface area contributed by atoms with E-state index in [0.29, 0.717) is 29.1 Å². The number of carbonyl (C=O) groups excluding carboxylic acids is 1. The van der Waals surface area contributed by atoms with Crippen molar-refractivity contribution in [3.05, 3.63) is 48.3 Å². The second-order valence-electron chi connectivity index (χ2n) is 12.1. The lowest BCUT2D eigenvalue weighted by atomic mass is 9.49. The SMILES string of the molecule is CC(C)(C)c1ccc(S(=O)(=O)n2ccc3nc(NNC(=O)C45CC6CC(CC(C6)C4)C5)cnc32)cc1. The Balaban J connectivity index is 1.19. The number of carbonyl (C=O) groups is 1. The molecule has 190 valence electrons. The molecule has 4 saturated carbocycles. The molecule has 4 aliphatic carbocycles. The van der Waals surface area contributed by atoms with Crippen molar-refractivity contribution in [1.29, 1.82) is 0 Å². The minimum absolute atomic E-state index is 0.0438. The summed E-state index contributed by atoms with van der Waals surface area (Å²) in [7, 11) is -3.83. The Morgan fingerprint density at radius 1 is 1.00 bits per heavy atom. The van der Waals surface area contributed by atoms with Crippen LogP contribution in [0, 0.1) is 23.2 Å². The number of nitrogens with one attached hydrogen (secondary N) is 2. The first-order valence-electron chi connectivity index (χ1n) is 12.8. The fraction of sp³-hybridized carbons (Fsp3) is 0.519. The second kappa shape index (κ2) is 8.03. The zero-order valence-electron chi connectivity index (χ0n) is 21.0. The van der Waals surface area contributed by atoms with E-state index in [-0.39, 0.29) is 27.3 Å². The van der Waals surface area contributed by atoms with Gasteiger partial charge in [-0.2, -0.15) is 0 Å². The third-order valence-electron chi connectivity index (χ3n) is 8.46. The van der Waals surface area contributed by atoms with E-state index in [1.807, 2.05) is 12.1 Å². The van der Waals surface area contributed by atoms with Crippen molar-refractivity contribution in [2.24, 2.45) is 23.2 Å². The van der Waals surface area contributed by atoms with Gasteiger partial charge in [-0.05, 0) is 85.5 Å². The Morgan fingerprint density at radius 3 is 2.19 bits per heavy atom. The van der Waals surface area contributed by atoms with Gasteiger partial charge in [0.05, 0.1) is 16.5 Å². The Hall–Kier alpha value is -2.94. The first-order chi connectivity index (χ1) is 17.0. The van der Waals surface area contributed by atoms with Crippen molar-refractivity contribution in [2.45, 2.75) is 69.6 Å². The van der Waals surface area contributed by atoms with Gasteiger partial charge in [0.2, 0.25) is 5.91 Å². The number of benzene rings is 1. The molecule has 3 aromatic rings. The van der Waals surface area contributed by atoms with Crippen molar-refractivity contribution in [3.63, 3.8) is 0 Å². The van der Waals surface area contributed by atoms with Crippen LogP contribution in [0.4, 0.5) is 5.82 Å². The van der Waals surface area contributed by atoms with Crippen LogP contribution in [0.1, 0.15) is 64.9 Å². The summed E-state index contributed by atoms with van der Waals surface area (Å²) < 4.78 is 27.7. The second-order valence-corrected chi connectivity index (χ2v) is 13.9. The van der Waals surface area contributed by atoms with Crippen LogP contribution in [0.2, 0.25) is 0 Å². The standard InChI is InChI=1S/C27H33N5O3S/c1-26(2,3)20-4-6-21(7-5-20)36(34,35)32-9-8-22-24(32)28-16-23(29-22)30-31-25(33)27-13-17-10-18(14-27)12-19(11-17)15-27/h4-9,16-19H,10-15H2,1-3H3,(H,29,30)(H,31,33). The van der Waals surface area contributed by atoms with Crippen molar-refractivity contribution >= 4 is 32.9 Å². The number of amides is 1. The van der Waals surface area contributed by atoms with Crippen molar-refractivity contribution < 1.29 is 13.2 Å². The molecule has 0 radical (unpaired) electrons. The molecule has 1 amide bonds. The molecule has 4 fully saturated rings. The maximum Gasteiger partial charge on any atom is 0.269 e. The van der Waals surface area contributed by atoms with Gasteiger partial charge in [-0.1, -0.05) is 32.9 Å². The van der Waals surface area contributed by atoms with Gasteiger partial charge in [0.25, 0.3) is 10.0 Å². The highest BCUT2D eigenvalue weighted by molar-refractivity contribution is 7.90. The summed E-state index contributed by atoms with van der Waals surface area (Å²) in [6.45, 7) is 6.26. The predicted octanol–water partition coefficient (Wildman–Crippen LogP) is 4.63. The minimum atomic E-state index is -3.83. The fourth-order valence-electron chi connectivity index (χ4n) is 7.02. The number of aromatic nitrogens is 3. The van der Waals surface area contributed by atoms with E-state index in [2.05, 4.69) is 41.6 Å². The normalized spacial score (nSPS) is 27.4. The van der Waals surface area contributed by atoms with Gasteiger partial charge in [-0.3, -0.25) is 15.6 Å². The maximum atomic E-state index is 13.3. The highest BCUT2D eigenvalue weighted by atomic mass is 32.2. The predicted molar refractivity (Wildman–Crippen MR) is 138 cm³/mol. The van der Waals surface area contributed by atoms with Crippen LogP contribution in [0.15, 0.2) is 47.6 Å². The molecule has 0 aliphatic heterocycles. The zero-order chi connectivity index (χ0) is 25.3. The quantitative estimate of drug-likeness (QED) is 0.488. The van der Waals surface area contributed by atoms with Crippen molar-refractivity contribution in [3.8, 4) is 0 Å². The summed E-state index contributed by atoms with van der Waals surface area (Å²) >= 11 is 0. The summed E-state index contributed by atoms with van der Waals surface area (Å²) in [5, 5.41) is 0. The minimum Gasteiger partial charge on any atom is -0.281 e. The summed E-state index contributed by atoms with van der Waals surface area (Å²) in [5.41, 5.74) is 7.22. The third-order valence-corrected chi connectivity index (χ3v) is 10.1. The first kappa shape index (κ1) is 23.5. The summed E-state index contributed by atoms with van der Waals surface area (Å²) in [5.74, 6) is 2.48. The molecule has 2 heterocycles. The zero-order valence-corrected chi connectivity index (χ0v) is 21.8. The Bertz CT molecular complexity index is 1400. The molecule has 0 spiro atoms. The average Bonchev–Trinajstić information content (AvgIpc) is 3.25. The van der Waals surface area contributed by atoms with E-state index in [1.54, 1.807) is 18.2 Å². The smallest absolute Gasteiger partial charge is 0.269 e. The Kier molecular flexibility index (Phi) is 5.23. The molecule has 9 heteroatoms. The molecule has 0 unspecified atom stereocenters. The lowest BCUT2D eigenvalue weighted by Crippen LogP contribution is -2.54. The number of hydrogen-bond donors (Lipinski definition) is 2. The third kappa shape index (κ3) is 3.88. The van der Waals surface area contributed by atoms with Crippen LogP contribution in [-0.4, -0.2) is 28.3 Å². The van der Waals surface area contributed by atoms with Crippen LogP contribution >= 0.6 is 0 Å². The number of rotatable bonds is 5. The highest BCUT2D eigenvalue weighted by Gasteiger charge is 2.54.